The molecule has 0 aromatic heterocycles. The fourth-order valence-corrected chi connectivity index (χ4v) is 5.86. The molecule has 0 aromatic carbocycles. The van der Waals surface area contributed by atoms with Gasteiger partial charge >= 0.3 is 6.03 Å². The molecule has 1 saturated heterocycles. The smallest absolute Gasteiger partial charge is 0.325 e. The molecule has 6 heteroatoms. The lowest BCUT2D eigenvalue weighted by Crippen LogP contribution is -2.51. The summed E-state index contributed by atoms with van der Waals surface area (Å²) < 4.78 is 0. The first-order valence-electron chi connectivity index (χ1n) is 12.3. The van der Waals surface area contributed by atoms with Gasteiger partial charge in [-0.1, -0.05) is 48.0 Å². The highest BCUT2D eigenvalue weighted by Gasteiger charge is 2.53. The Kier molecular flexibility index (Phi) is 6.79. The minimum absolute atomic E-state index is 0.147. The molecule has 3 fully saturated rings. The number of carbonyl (C=O) groups is 3. The van der Waals surface area contributed by atoms with Crippen LogP contribution in [-0.4, -0.2) is 40.9 Å². The molecular formula is C25H43N3O3. The molecule has 1 spiro atoms. The molecule has 3 aliphatic rings. The highest BCUT2D eigenvalue weighted by atomic mass is 16.2. The minimum Gasteiger partial charge on any atom is -0.352 e. The number of urea groups is 1. The van der Waals surface area contributed by atoms with Crippen molar-refractivity contribution in [3.8, 4) is 0 Å². The largest absolute Gasteiger partial charge is 0.352 e. The summed E-state index contributed by atoms with van der Waals surface area (Å²) in [5.41, 5.74) is -0.254. The molecule has 0 atom stereocenters. The van der Waals surface area contributed by atoms with E-state index in [-0.39, 0.29) is 29.8 Å². The lowest BCUT2D eigenvalue weighted by Gasteiger charge is -2.40. The van der Waals surface area contributed by atoms with Crippen LogP contribution in [0.25, 0.3) is 0 Å². The number of hydrogen-bond acceptors (Lipinski definition) is 3. The normalized spacial score (nSPS) is 32.3. The summed E-state index contributed by atoms with van der Waals surface area (Å²) in [7, 11) is 0. The van der Waals surface area contributed by atoms with Gasteiger partial charge in [0, 0.05) is 6.04 Å². The number of hydrogen-bond donors (Lipinski definition) is 2. The second-order valence-electron chi connectivity index (χ2n) is 12.0. The van der Waals surface area contributed by atoms with Crippen LogP contribution in [0.2, 0.25) is 0 Å². The second kappa shape index (κ2) is 8.74. The van der Waals surface area contributed by atoms with Crippen LogP contribution in [0.1, 0.15) is 99.3 Å². The van der Waals surface area contributed by atoms with Crippen LogP contribution in [-0.2, 0) is 9.59 Å². The molecule has 1 aliphatic heterocycles. The molecule has 0 bridgehead atoms. The van der Waals surface area contributed by atoms with Gasteiger partial charge in [-0.2, -0.15) is 0 Å². The fourth-order valence-electron chi connectivity index (χ4n) is 5.86. The standard InChI is InChI=1S/C25H43N3O3/c1-7-24(5,6)18-8-10-19(11-9-18)26-20(29)16-28-21(30)25(27-22(28)31)14-12-17(13-15-25)23(2,3)4/h17-19H,7-16H2,1-6H3,(H,26,29)(H,27,31). The minimum atomic E-state index is -0.803. The first-order chi connectivity index (χ1) is 14.4. The van der Waals surface area contributed by atoms with E-state index in [4.69, 9.17) is 0 Å². The molecule has 2 N–H and O–H groups in total. The van der Waals surface area contributed by atoms with Gasteiger partial charge in [-0.25, -0.2) is 4.79 Å². The Morgan fingerprint density at radius 2 is 1.58 bits per heavy atom. The number of amides is 4. The van der Waals surface area contributed by atoms with Crippen molar-refractivity contribution in [3.63, 3.8) is 0 Å². The lowest BCUT2D eigenvalue weighted by molar-refractivity contribution is -0.136. The van der Waals surface area contributed by atoms with Crippen molar-refractivity contribution in [3.05, 3.63) is 0 Å². The maximum absolute atomic E-state index is 13.1. The highest BCUT2D eigenvalue weighted by molar-refractivity contribution is 6.09. The molecule has 0 unspecified atom stereocenters. The van der Waals surface area contributed by atoms with Crippen molar-refractivity contribution in [2.75, 3.05) is 6.54 Å². The van der Waals surface area contributed by atoms with E-state index in [1.807, 2.05) is 0 Å². The van der Waals surface area contributed by atoms with Crippen molar-refractivity contribution in [2.24, 2.45) is 22.7 Å². The van der Waals surface area contributed by atoms with Gasteiger partial charge in [0.05, 0.1) is 0 Å². The van der Waals surface area contributed by atoms with Crippen LogP contribution in [0, 0.1) is 22.7 Å². The van der Waals surface area contributed by atoms with Crippen LogP contribution in [0.4, 0.5) is 4.79 Å². The molecule has 2 aliphatic carbocycles. The molecular weight excluding hydrogens is 390 g/mol. The Morgan fingerprint density at radius 1 is 1.00 bits per heavy atom. The SMILES string of the molecule is CCC(C)(C)C1CCC(NC(=O)CN2C(=O)NC3(CCC(C(C)(C)C)CC3)C2=O)CC1. The van der Waals surface area contributed by atoms with E-state index in [0.717, 1.165) is 43.4 Å². The van der Waals surface area contributed by atoms with Gasteiger partial charge in [0.25, 0.3) is 5.91 Å². The van der Waals surface area contributed by atoms with Crippen LogP contribution in [0.5, 0.6) is 0 Å². The monoisotopic (exact) mass is 433 g/mol. The third kappa shape index (κ3) is 5.09. The van der Waals surface area contributed by atoms with Gasteiger partial charge in [-0.05, 0) is 74.0 Å². The van der Waals surface area contributed by atoms with E-state index in [1.165, 1.54) is 6.42 Å². The Labute approximate surface area is 188 Å². The summed E-state index contributed by atoms with van der Waals surface area (Å²) >= 11 is 0. The van der Waals surface area contributed by atoms with E-state index in [2.05, 4.69) is 52.2 Å². The van der Waals surface area contributed by atoms with E-state index in [1.54, 1.807) is 0 Å². The molecule has 3 rings (SSSR count). The Balaban J connectivity index is 1.51. The molecule has 4 amide bonds. The Bertz CT molecular complexity index is 693. The van der Waals surface area contributed by atoms with Crippen LogP contribution in [0.15, 0.2) is 0 Å². The average Bonchev–Trinajstić information content (AvgIpc) is 2.92. The van der Waals surface area contributed by atoms with Gasteiger partial charge < -0.3 is 10.6 Å². The third-order valence-corrected chi connectivity index (χ3v) is 8.72. The van der Waals surface area contributed by atoms with Crippen LogP contribution < -0.4 is 10.6 Å². The molecule has 31 heavy (non-hydrogen) atoms. The van der Waals surface area contributed by atoms with Crippen LogP contribution in [0.3, 0.4) is 0 Å². The van der Waals surface area contributed by atoms with E-state index >= 15 is 0 Å². The van der Waals surface area contributed by atoms with Crippen molar-refractivity contribution < 1.29 is 14.4 Å². The van der Waals surface area contributed by atoms with Gasteiger partial charge in [-0.3, -0.25) is 14.5 Å². The number of carbonyl (C=O) groups excluding carboxylic acids is 3. The first kappa shape index (κ1) is 24.1. The van der Waals surface area contributed by atoms with Crippen molar-refractivity contribution >= 4 is 17.8 Å². The maximum atomic E-state index is 13.1. The zero-order valence-corrected chi connectivity index (χ0v) is 20.5. The number of nitrogens with zero attached hydrogens (tertiary/aromatic N) is 1. The van der Waals surface area contributed by atoms with E-state index < -0.39 is 11.6 Å². The third-order valence-electron chi connectivity index (χ3n) is 8.72. The number of rotatable bonds is 5. The van der Waals surface area contributed by atoms with Gasteiger partial charge in [0.15, 0.2) is 0 Å². The Hall–Kier alpha value is -1.59. The molecule has 1 heterocycles. The summed E-state index contributed by atoms with van der Waals surface area (Å²) in [6, 6.07) is -0.267. The van der Waals surface area contributed by atoms with E-state index in [9.17, 15) is 14.4 Å². The summed E-state index contributed by atoms with van der Waals surface area (Å²) in [6.45, 7) is 13.4. The van der Waals surface area contributed by atoms with Crippen molar-refractivity contribution in [2.45, 2.75) is 111 Å². The second-order valence-corrected chi connectivity index (χ2v) is 12.0. The zero-order chi connectivity index (χ0) is 23.0. The Morgan fingerprint density at radius 3 is 2.10 bits per heavy atom. The molecule has 6 nitrogen and oxygen atoms in total. The summed E-state index contributed by atoms with van der Waals surface area (Å²) in [6.07, 6.45) is 8.51. The molecule has 2 saturated carbocycles. The van der Waals surface area contributed by atoms with Gasteiger partial charge in [0.1, 0.15) is 12.1 Å². The van der Waals surface area contributed by atoms with Crippen molar-refractivity contribution in [1.82, 2.24) is 15.5 Å². The lowest BCUT2D eigenvalue weighted by atomic mass is 9.67. The molecule has 0 aromatic rings. The number of imide groups is 1. The maximum Gasteiger partial charge on any atom is 0.325 e. The topological polar surface area (TPSA) is 78.5 Å². The summed E-state index contributed by atoms with van der Waals surface area (Å²) in [4.78, 5) is 39.5. The average molecular weight is 434 g/mol. The van der Waals surface area contributed by atoms with E-state index in [0.29, 0.717) is 30.1 Å². The molecule has 0 radical (unpaired) electrons. The predicted molar refractivity (Wildman–Crippen MR) is 122 cm³/mol. The van der Waals surface area contributed by atoms with Crippen molar-refractivity contribution in [1.29, 1.82) is 0 Å². The molecule has 176 valence electrons. The quantitative estimate of drug-likeness (QED) is 0.621. The van der Waals surface area contributed by atoms with Crippen LogP contribution >= 0.6 is 0 Å². The summed E-state index contributed by atoms with van der Waals surface area (Å²) in [5.74, 6) is 0.809. The van der Waals surface area contributed by atoms with Gasteiger partial charge in [0.2, 0.25) is 5.91 Å². The zero-order valence-electron chi connectivity index (χ0n) is 20.5. The number of nitrogens with one attached hydrogen (secondary N) is 2. The highest BCUT2D eigenvalue weighted by Crippen LogP contribution is 2.43. The fraction of sp³-hybridized carbons (Fsp3) is 0.880. The first-order valence-corrected chi connectivity index (χ1v) is 12.3. The summed E-state index contributed by atoms with van der Waals surface area (Å²) in [5, 5.41) is 6.02. The van der Waals surface area contributed by atoms with Gasteiger partial charge in [-0.15, -0.1) is 0 Å². The predicted octanol–water partition coefficient (Wildman–Crippen LogP) is 4.62.